The zero-order valence-corrected chi connectivity index (χ0v) is 14.3. The number of hydrogen-bond acceptors (Lipinski definition) is 5. The van der Waals surface area contributed by atoms with Crippen LogP contribution in [0, 0.1) is 11.6 Å². The highest BCUT2D eigenvalue weighted by Gasteiger charge is 2.18. The van der Waals surface area contributed by atoms with Crippen molar-refractivity contribution in [1.82, 2.24) is 15.1 Å². The molecule has 1 aromatic heterocycles. The van der Waals surface area contributed by atoms with E-state index in [0.29, 0.717) is 0 Å². The Hall–Kier alpha value is -3.56. The van der Waals surface area contributed by atoms with E-state index >= 15 is 0 Å². The lowest BCUT2D eigenvalue weighted by molar-refractivity contribution is 0.0795. The van der Waals surface area contributed by atoms with Crippen molar-refractivity contribution in [2.45, 2.75) is 6.43 Å². The Morgan fingerprint density at radius 3 is 2.57 bits per heavy atom. The molecule has 1 heterocycles. The first kappa shape index (κ1) is 19.2. The predicted octanol–water partition coefficient (Wildman–Crippen LogP) is 4.06. The molecule has 0 unspecified atom stereocenters. The van der Waals surface area contributed by atoms with E-state index < -0.39 is 29.9 Å². The van der Waals surface area contributed by atoms with Crippen LogP contribution >= 0.6 is 0 Å². The number of carbonyl (C=O) groups excluding carboxylic acids is 1. The lowest BCUT2D eigenvalue weighted by Crippen LogP contribution is -2.22. The van der Waals surface area contributed by atoms with Crippen LogP contribution in [0.4, 0.5) is 17.6 Å². The molecule has 3 aromatic rings. The van der Waals surface area contributed by atoms with Crippen molar-refractivity contribution < 1.29 is 26.9 Å². The van der Waals surface area contributed by atoms with Crippen LogP contribution in [0.25, 0.3) is 11.4 Å². The maximum atomic E-state index is 14.3. The van der Waals surface area contributed by atoms with Crippen molar-refractivity contribution in [2.24, 2.45) is 5.10 Å². The van der Waals surface area contributed by atoms with Gasteiger partial charge in [-0.2, -0.15) is 18.9 Å². The number of benzene rings is 2. The molecule has 0 fully saturated rings. The van der Waals surface area contributed by atoms with Gasteiger partial charge < -0.3 is 4.52 Å². The summed E-state index contributed by atoms with van der Waals surface area (Å²) in [6.07, 6.45) is -1.86. The number of nitrogens with zero attached hydrogens (tertiary/aromatic N) is 4. The van der Waals surface area contributed by atoms with E-state index in [1.54, 1.807) is 0 Å². The van der Waals surface area contributed by atoms with Gasteiger partial charge in [-0.05, 0) is 24.3 Å². The molecule has 0 bridgehead atoms. The molecule has 0 aliphatic carbocycles. The molecule has 28 heavy (non-hydrogen) atoms. The summed E-state index contributed by atoms with van der Waals surface area (Å²) >= 11 is 0. The van der Waals surface area contributed by atoms with Gasteiger partial charge in [-0.15, -0.1) is 0 Å². The number of rotatable bonds is 5. The molecule has 2 aromatic carbocycles. The highest BCUT2D eigenvalue weighted by molar-refractivity contribution is 5.95. The van der Waals surface area contributed by atoms with E-state index in [1.807, 2.05) is 0 Å². The van der Waals surface area contributed by atoms with Crippen LogP contribution < -0.4 is 0 Å². The van der Waals surface area contributed by atoms with Crippen LogP contribution in [0.5, 0.6) is 0 Å². The van der Waals surface area contributed by atoms with Crippen LogP contribution in [-0.4, -0.2) is 34.3 Å². The minimum Gasteiger partial charge on any atom is -0.333 e. The smallest absolute Gasteiger partial charge is 0.315 e. The van der Waals surface area contributed by atoms with Gasteiger partial charge in [-0.1, -0.05) is 23.4 Å². The van der Waals surface area contributed by atoms with Gasteiger partial charge in [0.25, 0.3) is 11.8 Å². The van der Waals surface area contributed by atoms with Gasteiger partial charge in [0, 0.05) is 18.2 Å². The zero-order chi connectivity index (χ0) is 20.3. The van der Waals surface area contributed by atoms with Gasteiger partial charge >= 0.3 is 6.43 Å². The van der Waals surface area contributed by atoms with Gasteiger partial charge in [-0.3, -0.25) is 4.79 Å². The molecule has 0 saturated heterocycles. The van der Waals surface area contributed by atoms with Crippen molar-refractivity contribution in [2.75, 3.05) is 7.05 Å². The first-order valence-corrected chi connectivity index (χ1v) is 7.85. The van der Waals surface area contributed by atoms with Gasteiger partial charge in [0.2, 0.25) is 5.82 Å². The fourth-order valence-corrected chi connectivity index (χ4v) is 2.22. The van der Waals surface area contributed by atoms with Gasteiger partial charge in [0.15, 0.2) is 0 Å². The molecule has 0 saturated carbocycles. The standard InChI is InChI=1S/C18H12F4N4O2/c1-26(18(27)12-4-2-3-5-13(12)19)23-9-11-7-6-10(8-14(11)20)16-24-17(15(21)22)28-25-16/h2-9,15H,1H3/b23-9+. The molecule has 0 aliphatic rings. The van der Waals surface area contributed by atoms with Crippen molar-refractivity contribution in [1.29, 1.82) is 0 Å². The third kappa shape index (κ3) is 4.05. The molecule has 6 nitrogen and oxygen atoms in total. The summed E-state index contributed by atoms with van der Waals surface area (Å²) in [7, 11) is 1.29. The van der Waals surface area contributed by atoms with E-state index in [2.05, 4.69) is 19.8 Å². The molecule has 144 valence electrons. The van der Waals surface area contributed by atoms with Crippen molar-refractivity contribution in [3.8, 4) is 11.4 Å². The van der Waals surface area contributed by atoms with Crippen molar-refractivity contribution >= 4 is 12.1 Å². The summed E-state index contributed by atoms with van der Waals surface area (Å²) in [4.78, 5) is 15.6. The lowest BCUT2D eigenvalue weighted by Gasteiger charge is -2.11. The Bertz CT molecular complexity index is 1040. The molecular weight excluding hydrogens is 380 g/mol. The minimum absolute atomic E-state index is 0.00881. The molecular formula is C18H12F4N4O2. The maximum Gasteiger partial charge on any atom is 0.315 e. The first-order chi connectivity index (χ1) is 13.4. The summed E-state index contributed by atoms with van der Waals surface area (Å²) in [5, 5.41) is 8.03. The topological polar surface area (TPSA) is 71.6 Å². The summed E-state index contributed by atoms with van der Waals surface area (Å²) in [5.41, 5.74) is -0.0412. The largest absolute Gasteiger partial charge is 0.333 e. The number of alkyl halides is 2. The molecule has 0 aliphatic heterocycles. The highest BCUT2D eigenvalue weighted by atomic mass is 19.3. The van der Waals surface area contributed by atoms with E-state index in [0.717, 1.165) is 23.4 Å². The summed E-state index contributed by atoms with van der Waals surface area (Å²) in [6, 6.07) is 9.08. The Kier molecular flexibility index (Phi) is 5.48. The second kappa shape index (κ2) is 7.99. The monoisotopic (exact) mass is 392 g/mol. The van der Waals surface area contributed by atoms with E-state index in [1.165, 1.54) is 37.4 Å². The quantitative estimate of drug-likeness (QED) is 0.373. The fraction of sp³-hybridized carbons (Fsp3) is 0.111. The van der Waals surface area contributed by atoms with Crippen LogP contribution in [0.15, 0.2) is 52.1 Å². The number of hydrogen-bond donors (Lipinski definition) is 0. The SMILES string of the molecule is CN(/N=C/c1ccc(-c2noc(C(F)F)n2)cc1F)C(=O)c1ccccc1F. The normalized spacial score (nSPS) is 11.4. The van der Waals surface area contributed by atoms with Gasteiger partial charge in [0.05, 0.1) is 11.8 Å². The average Bonchev–Trinajstić information content (AvgIpc) is 3.17. The van der Waals surface area contributed by atoms with Crippen LogP contribution in [-0.2, 0) is 0 Å². The summed E-state index contributed by atoms with van der Waals surface area (Å²) < 4.78 is 57.3. The minimum atomic E-state index is -2.93. The Morgan fingerprint density at radius 1 is 1.18 bits per heavy atom. The average molecular weight is 392 g/mol. The molecule has 0 N–H and O–H groups in total. The number of aromatic nitrogens is 2. The second-order valence-electron chi connectivity index (χ2n) is 5.55. The zero-order valence-electron chi connectivity index (χ0n) is 14.3. The van der Waals surface area contributed by atoms with E-state index in [4.69, 9.17) is 0 Å². The van der Waals surface area contributed by atoms with Crippen molar-refractivity contribution in [3.05, 3.63) is 71.1 Å². The highest BCUT2D eigenvalue weighted by Crippen LogP contribution is 2.23. The molecule has 3 rings (SSSR count). The van der Waals surface area contributed by atoms with Gasteiger partial charge in [0.1, 0.15) is 11.6 Å². The Morgan fingerprint density at radius 2 is 1.93 bits per heavy atom. The number of amides is 1. The van der Waals surface area contributed by atoms with E-state index in [9.17, 15) is 22.4 Å². The molecule has 0 spiro atoms. The third-order valence-electron chi connectivity index (χ3n) is 3.66. The second-order valence-corrected chi connectivity index (χ2v) is 5.55. The van der Waals surface area contributed by atoms with Crippen molar-refractivity contribution in [3.63, 3.8) is 0 Å². The van der Waals surface area contributed by atoms with E-state index in [-0.39, 0.29) is 22.5 Å². The van der Waals surface area contributed by atoms with Crippen LogP contribution in [0.2, 0.25) is 0 Å². The lowest BCUT2D eigenvalue weighted by atomic mass is 10.1. The van der Waals surface area contributed by atoms with Crippen LogP contribution in [0.3, 0.4) is 0 Å². The van der Waals surface area contributed by atoms with Gasteiger partial charge in [-0.25, -0.2) is 13.8 Å². The maximum absolute atomic E-state index is 14.3. The number of hydrazone groups is 1. The Balaban J connectivity index is 1.77. The fourth-order valence-electron chi connectivity index (χ4n) is 2.22. The molecule has 1 amide bonds. The Labute approximate surface area is 156 Å². The molecule has 0 atom stereocenters. The third-order valence-corrected chi connectivity index (χ3v) is 3.66. The first-order valence-electron chi connectivity index (χ1n) is 7.85. The summed E-state index contributed by atoms with van der Waals surface area (Å²) in [6.45, 7) is 0. The molecule has 10 heteroatoms. The van der Waals surface area contributed by atoms with Crippen LogP contribution in [0.1, 0.15) is 28.2 Å². The number of halogens is 4. The molecule has 0 radical (unpaired) electrons. The number of carbonyl (C=O) groups is 1. The predicted molar refractivity (Wildman–Crippen MR) is 90.7 cm³/mol. The summed E-state index contributed by atoms with van der Waals surface area (Å²) in [5.74, 6) is -3.22.